The number of fused-ring (bicyclic) bond motifs is 1. The minimum absolute atomic E-state index is 0.0602. The third-order valence-electron chi connectivity index (χ3n) is 6.47. The molecule has 152 valence electrons. The summed E-state index contributed by atoms with van der Waals surface area (Å²) < 4.78 is 6.35. The number of ether oxygens (including phenoxy) is 1. The lowest BCUT2D eigenvalue weighted by molar-refractivity contribution is -0.146. The molecule has 3 saturated heterocycles. The van der Waals surface area contributed by atoms with E-state index in [4.69, 9.17) is 4.74 Å². The summed E-state index contributed by atoms with van der Waals surface area (Å²) in [6.45, 7) is 4.32. The number of carbonyl (C=O) groups is 3. The number of β-amino-alcohol motifs (C(OH)–C–C–N with tert-alkyl or cyclic N) is 1. The fraction of sp³-hybridized carbons (Fsp3) is 0.842. The Balaban J connectivity index is 1.91. The molecule has 0 aromatic carbocycles. The Kier molecular flexibility index (Phi) is 5.49. The number of likely N-dealkylation sites (tertiary alicyclic amines) is 1. The molecule has 3 amide bonds. The standard InChI is InChI=1S/C19H31N3O5/c1-4-5-6-9-21-16(25)14-19-8-7-18(2,27-19)12(15(24)20-3)13(19)17(26)22(14)10-11-23/h12-14,23H,4-11H2,1-3H3,(H,20,24)(H,21,25)/t12-,13-,14?,18+,19?/m0/s1. The zero-order valence-corrected chi connectivity index (χ0v) is 16.4. The SMILES string of the molecule is CCCCCNC(=O)C1N(CCO)C(=O)[C@@H]2[C@@H](C(=O)NC)[C@@]3(C)CCC12O3. The summed E-state index contributed by atoms with van der Waals surface area (Å²) in [7, 11) is 1.55. The normalized spacial score (nSPS) is 36.8. The number of aliphatic hydroxyl groups excluding tert-OH is 1. The van der Waals surface area contributed by atoms with Crippen LogP contribution in [0.4, 0.5) is 0 Å². The maximum absolute atomic E-state index is 13.2. The highest BCUT2D eigenvalue weighted by Crippen LogP contribution is 2.62. The lowest BCUT2D eigenvalue weighted by atomic mass is 9.66. The van der Waals surface area contributed by atoms with Gasteiger partial charge in [-0.15, -0.1) is 0 Å². The number of nitrogens with zero attached hydrogens (tertiary/aromatic N) is 1. The van der Waals surface area contributed by atoms with Gasteiger partial charge in [-0.1, -0.05) is 19.8 Å². The second kappa shape index (κ2) is 7.39. The first-order valence-electron chi connectivity index (χ1n) is 9.97. The average molecular weight is 381 g/mol. The molecule has 8 heteroatoms. The Hall–Kier alpha value is -1.67. The van der Waals surface area contributed by atoms with E-state index in [1.165, 1.54) is 4.90 Å². The predicted octanol–water partition coefficient (Wildman–Crippen LogP) is -0.204. The van der Waals surface area contributed by atoms with Crippen molar-refractivity contribution in [2.45, 2.75) is 63.2 Å². The van der Waals surface area contributed by atoms with E-state index in [1.807, 2.05) is 6.92 Å². The number of unbranched alkanes of at least 4 members (excludes halogenated alkanes) is 2. The fourth-order valence-electron chi connectivity index (χ4n) is 5.31. The zero-order chi connectivity index (χ0) is 19.8. The number of carbonyl (C=O) groups excluding carboxylic acids is 3. The van der Waals surface area contributed by atoms with E-state index < -0.39 is 29.1 Å². The minimum Gasteiger partial charge on any atom is -0.395 e. The molecule has 3 N–H and O–H groups in total. The van der Waals surface area contributed by atoms with Crippen LogP contribution in [0.1, 0.15) is 46.0 Å². The lowest BCUT2D eigenvalue weighted by Gasteiger charge is -2.33. The second-order valence-electron chi connectivity index (χ2n) is 8.10. The number of nitrogens with one attached hydrogen (secondary N) is 2. The van der Waals surface area contributed by atoms with Crippen LogP contribution in [0.25, 0.3) is 0 Å². The van der Waals surface area contributed by atoms with Gasteiger partial charge in [0.2, 0.25) is 17.7 Å². The quantitative estimate of drug-likeness (QED) is 0.505. The Morgan fingerprint density at radius 1 is 1.30 bits per heavy atom. The van der Waals surface area contributed by atoms with Gasteiger partial charge in [-0.2, -0.15) is 0 Å². The van der Waals surface area contributed by atoms with Gasteiger partial charge in [0.05, 0.1) is 24.0 Å². The number of hydrogen-bond acceptors (Lipinski definition) is 5. The highest BCUT2D eigenvalue weighted by molar-refractivity contribution is 5.99. The molecule has 8 nitrogen and oxygen atoms in total. The molecule has 0 radical (unpaired) electrons. The first-order chi connectivity index (χ1) is 12.9. The average Bonchev–Trinajstić information content (AvgIpc) is 3.20. The van der Waals surface area contributed by atoms with Crippen molar-refractivity contribution < 1.29 is 24.2 Å². The van der Waals surface area contributed by atoms with Gasteiger partial charge in [-0.3, -0.25) is 14.4 Å². The monoisotopic (exact) mass is 381 g/mol. The summed E-state index contributed by atoms with van der Waals surface area (Å²) in [5.74, 6) is -2.06. The third-order valence-corrected chi connectivity index (χ3v) is 6.47. The van der Waals surface area contributed by atoms with Gasteiger partial charge < -0.3 is 25.4 Å². The van der Waals surface area contributed by atoms with Crippen molar-refractivity contribution >= 4 is 17.7 Å². The molecule has 3 aliphatic rings. The van der Waals surface area contributed by atoms with Gasteiger partial charge in [0, 0.05) is 20.1 Å². The van der Waals surface area contributed by atoms with Gasteiger partial charge in [0.15, 0.2) is 0 Å². The van der Waals surface area contributed by atoms with Crippen LogP contribution in [0.3, 0.4) is 0 Å². The Morgan fingerprint density at radius 2 is 2.04 bits per heavy atom. The van der Waals surface area contributed by atoms with Gasteiger partial charge in [0.1, 0.15) is 11.6 Å². The molecular weight excluding hydrogens is 350 g/mol. The van der Waals surface area contributed by atoms with E-state index in [0.717, 1.165) is 19.3 Å². The van der Waals surface area contributed by atoms with E-state index >= 15 is 0 Å². The van der Waals surface area contributed by atoms with Gasteiger partial charge >= 0.3 is 0 Å². The summed E-state index contributed by atoms with van der Waals surface area (Å²) in [5.41, 5.74) is -1.74. The molecule has 27 heavy (non-hydrogen) atoms. The largest absolute Gasteiger partial charge is 0.395 e. The minimum atomic E-state index is -0.993. The van der Waals surface area contributed by atoms with Crippen molar-refractivity contribution in [2.75, 3.05) is 26.7 Å². The molecule has 2 unspecified atom stereocenters. The van der Waals surface area contributed by atoms with Gasteiger partial charge in [-0.05, 0) is 26.2 Å². The zero-order valence-electron chi connectivity index (χ0n) is 16.4. The van der Waals surface area contributed by atoms with Gasteiger partial charge in [-0.25, -0.2) is 0 Å². The van der Waals surface area contributed by atoms with E-state index in [2.05, 4.69) is 17.6 Å². The van der Waals surface area contributed by atoms with E-state index in [0.29, 0.717) is 19.4 Å². The molecule has 3 rings (SSSR count). The van der Waals surface area contributed by atoms with Crippen molar-refractivity contribution in [2.24, 2.45) is 11.8 Å². The van der Waals surface area contributed by atoms with Crippen LogP contribution in [-0.4, -0.2) is 71.7 Å². The molecule has 0 aliphatic carbocycles. The van der Waals surface area contributed by atoms with E-state index in [1.54, 1.807) is 7.05 Å². The summed E-state index contributed by atoms with van der Waals surface area (Å²) in [5, 5.41) is 15.0. The van der Waals surface area contributed by atoms with E-state index in [9.17, 15) is 19.5 Å². The molecule has 0 aromatic rings. The topological polar surface area (TPSA) is 108 Å². The molecule has 3 heterocycles. The Morgan fingerprint density at radius 3 is 2.67 bits per heavy atom. The molecule has 3 fully saturated rings. The van der Waals surface area contributed by atoms with Crippen molar-refractivity contribution in [3.63, 3.8) is 0 Å². The predicted molar refractivity (Wildman–Crippen MR) is 97.6 cm³/mol. The van der Waals surface area contributed by atoms with Crippen molar-refractivity contribution in [1.29, 1.82) is 0 Å². The molecule has 5 atom stereocenters. The van der Waals surface area contributed by atoms with Crippen molar-refractivity contribution in [3.05, 3.63) is 0 Å². The molecule has 1 spiro atoms. The molecular formula is C19H31N3O5. The van der Waals surface area contributed by atoms with Crippen LogP contribution >= 0.6 is 0 Å². The summed E-state index contributed by atoms with van der Waals surface area (Å²) >= 11 is 0. The molecule has 0 aromatic heterocycles. The fourth-order valence-corrected chi connectivity index (χ4v) is 5.31. The van der Waals surface area contributed by atoms with Crippen LogP contribution in [-0.2, 0) is 19.1 Å². The van der Waals surface area contributed by atoms with Crippen LogP contribution in [0.5, 0.6) is 0 Å². The third kappa shape index (κ3) is 2.93. The highest BCUT2D eigenvalue weighted by atomic mass is 16.5. The van der Waals surface area contributed by atoms with Crippen LogP contribution in [0.2, 0.25) is 0 Å². The maximum atomic E-state index is 13.2. The molecule has 3 aliphatic heterocycles. The van der Waals surface area contributed by atoms with Crippen LogP contribution < -0.4 is 10.6 Å². The summed E-state index contributed by atoms with van der Waals surface area (Å²) in [6.07, 6.45) is 4.13. The number of rotatable bonds is 8. The van der Waals surface area contributed by atoms with Gasteiger partial charge in [0.25, 0.3) is 0 Å². The number of amides is 3. The Labute approximate surface area is 160 Å². The van der Waals surface area contributed by atoms with Crippen LogP contribution in [0.15, 0.2) is 0 Å². The van der Waals surface area contributed by atoms with E-state index in [-0.39, 0.29) is 30.9 Å². The van der Waals surface area contributed by atoms with Crippen molar-refractivity contribution in [1.82, 2.24) is 15.5 Å². The smallest absolute Gasteiger partial charge is 0.245 e. The van der Waals surface area contributed by atoms with Crippen LogP contribution in [0, 0.1) is 11.8 Å². The number of hydrogen-bond donors (Lipinski definition) is 3. The summed E-state index contributed by atoms with van der Waals surface area (Å²) in [4.78, 5) is 40.2. The number of aliphatic hydroxyl groups is 1. The first kappa shape index (κ1) is 20.1. The molecule has 2 bridgehead atoms. The molecule has 0 saturated carbocycles. The second-order valence-corrected chi connectivity index (χ2v) is 8.10. The first-order valence-corrected chi connectivity index (χ1v) is 9.97. The summed E-state index contributed by atoms with van der Waals surface area (Å²) in [6, 6.07) is -0.805. The van der Waals surface area contributed by atoms with Crippen molar-refractivity contribution in [3.8, 4) is 0 Å². The highest BCUT2D eigenvalue weighted by Gasteiger charge is 2.77. The lowest BCUT2D eigenvalue weighted by Crippen LogP contribution is -2.55. The maximum Gasteiger partial charge on any atom is 0.245 e. The Bertz CT molecular complexity index is 626.